The second-order valence-electron chi connectivity index (χ2n) is 7.98. The van der Waals surface area contributed by atoms with Crippen molar-refractivity contribution in [2.24, 2.45) is 0 Å². The second-order valence-corrected chi connectivity index (χ2v) is 7.98. The Balaban J connectivity index is 1.38. The van der Waals surface area contributed by atoms with Gasteiger partial charge in [-0.3, -0.25) is 0 Å². The molecule has 1 aromatic heterocycles. The topological polar surface area (TPSA) is 63.9 Å². The monoisotopic (exact) mass is 443 g/mol. The number of benzene rings is 2. The van der Waals surface area contributed by atoms with Crippen LogP contribution in [0.5, 0.6) is 11.6 Å². The van der Waals surface area contributed by atoms with E-state index in [1.54, 1.807) is 6.07 Å². The fourth-order valence-corrected chi connectivity index (χ4v) is 4.05. The molecule has 0 spiro atoms. The van der Waals surface area contributed by atoms with Crippen molar-refractivity contribution in [3.8, 4) is 11.6 Å². The van der Waals surface area contributed by atoms with Gasteiger partial charge < -0.3 is 19.7 Å². The molecule has 1 N–H and O–H groups in total. The average Bonchev–Trinajstić information content (AvgIpc) is 3.23. The molecule has 3 aromatic rings. The number of halogens is 1. The maximum absolute atomic E-state index is 15.0. The smallest absolute Gasteiger partial charge is 0.288 e. The molecule has 1 fully saturated rings. The normalized spacial score (nSPS) is 14.9. The Morgan fingerprint density at radius 3 is 2.67 bits per heavy atom. The SMILES string of the molecule is [C-]#[N+]c1c(Nc2ccc(N3CCOCC3)cc2)ncnc1Oc1ccc2c(c1F)C=C(C)C2. The third kappa shape index (κ3) is 4.23. The number of rotatable bonds is 5. The Kier molecular flexibility index (Phi) is 5.63. The Hall–Kier alpha value is -3.96. The van der Waals surface area contributed by atoms with Gasteiger partial charge in [0.05, 0.1) is 19.8 Å². The lowest BCUT2D eigenvalue weighted by molar-refractivity contribution is 0.122. The standard InChI is InChI=1S/C25H22FN5O2/c1-16-13-17-3-8-21(22(26)20(17)14-16)33-25-23(27-2)24(28-15-29-25)30-18-4-6-19(7-5-18)31-9-11-32-12-10-31/h3-8,14-15H,9-13H2,1H3,(H,28,29,30). The van der Waals surface area contributed by atoms with Gasteiger partial charge in [-0.2, -0.15) is 0 Å². The van der Waals surface area contributed by atoms with Crippen LogP contribution in [0.15, 0.2) is 48.3 Å². The first kappa shape index (κ1) is 20.9. The van der Waals surface area contributed by atoms with E-state index >= 15 is 0 Å². The van der Waals surface area contributed by atoms with E-state index in [1.807, 2.05) is 43.3 Å². The quantitative estimate of drug-likeness (QED) is 0.526. The highest BCUT2D eigenvalue weighted by Gasteiger charge is 2.21. The van der Waals surface area contributed by atoms with Crippen LogP contribution in [0.3, 0.4) is 0 Å². The van der Waals surface area contributed by atoms with Crippen molar-refractivity contribution < 1.29 is 13.9 Å². The average molecular weight is 443 g/mol. The van der Waals surface area contributed by atoms with Gasteiger partial charge in [0, 0.05) is 30.0 Å². The van der Waals surface area contributed by atoms with Gasteiger partial charge in [0.25, 0.3) is 5.69 Å². The van der Waals surface area contributed by atoms with Gasteiger partial charge in [-0.1, -0.05) is 17.7 Å². The van der Waals surface area contributed by atoms with E-state index in [-0.39, 0.29) is 17.3 Å². The van der Waals surface area contributed by atoms with Crippen molar-refractivity contribution in [2.75, 3.05) is 36.5 Å². The molecule has 8 heteroatoms. The Morgan fingerprint density at radius 2 is 1.91 bits per heavy atom. The molecule has 1 aliphatic heterocycles. The van der Waals surface area contributed by atoms with Gasteiger partial charge in [-0.25, -0.2) is 19.2 Å². The van der Waals surface area contributed by atoms with Crippen LogP contribution in [-0.4, -0.2) is 36.3 Å². The van der Waals surface area contributed by atoms with Gasteiger partial charge >= 0.3 is 0 Å². The molecule has 1 saturated heterocycles. The minimum Gasteiger partial charge on any atom is -0.446 e. The predicted molar refractivity (Wildman–Crippen MR) is 125 cm³/mol. The van der Waals surface area contributed by atoms with Crippen LogP contribution < -0.4 is 15.0 Å². The summed E-state index contributed by atoms with van der Waals surface area (Å²) in [6, 6.07) is 11.3. The number of nitrogens with one attached hydrogen (secondary N) is 1. The minimum atomic E-state index is -0.452. The van der Waals surface area contributed by atoms with Gasteiger partial charge in [0.1, 0.15) is 12.1 Å². The molecule has 33 heavy (non-hydrogen) atoms. The summed E-state index contributed by atoms with van der Waals surface area (Å²) in [5.41, 5.74) is 4.51. The number of anilines is 3. The maximum Gasteiger partial charge on any atom is 0.288 e. The lowest BCUT2D eigenvalue weighted by Crippen LogP contribution is -2.36. The molecule has 0 saturated carbocycles. The summed E-state index contributed by atoms with van der Waals surface area (Å²) in [5, 5.41) is 3.15. The summed E-state index contributed by atoms with van der Waals surface area (Å²) in [7, 11) is 0. The van der Waals surface area contributed by atoms with E-state index < -0.39 is 5.82 Å². The molecule has 7 nitrogen and oxygen atoms in total. The molecular weight excluding hydrogens is 421 g/mol. The van der Waals surface area contributed by atoms with Crippen LogP contribution in [0.2, 0.25) is 0 Å². The summed E-state index contributed by atoms with van der Waals surface area (Å²) in [6.07, 6.45) is 3.84. The number of aromatic nitrogens is 2. The van der Waals surface area contributed by atoms with Crippen molar-refractivity contribution in [3.05, 3.63) is 76.7 Å². The highest BCUT2D eigenvalue weighted by atomic mass is 19.1. The zero-order valence-corrected chi connectivity index (χ0v) is 18.1. The van der Waals surface area contributed by atoms with Crippen LogP contribution in [0, 0.1) is 12.4 Å². The molecule has 2 heterocycles. The van der Waals surface area contributed by atoms with Crippen LogP contribution >= 0.6 is 0 Å². The lowest BCUT2D eigenvalue weighted by atomic mass is 10.1. The summed E-state index contributed by atoms with van der Waals surface area (Å²) in [5.74, 6) is -0.118. The minimum absolute atomic E-state index is 0.00462. The third-order valence-electron chi connectivity index (χ3n) is 5.71. The van der Waals surface area contributed by atoms with E-state index in [0.29, 0.717) is 11.4 Å². The molecule has 0 radical (unpaired) electrons. The van der Waals surface area contributed by atoms with Gasteiger partial charge in [0.15, 0.2) is 11.6 Å². The van der Waals surface area contributed by atoms with Gasteiger partial charge in [0.2, 0.25) is 5.88 Å². The number of nitrogens with zero attached hydrogens (tertiary/aromatic N) is 4. The maximum atomic E-state index is 15.0. The fraction of sp³-hybridized carbons (Fsp3) is 0.240. The van der Waals surface area contributed by atoms with Crippen LogP contribution in [0.4, 0.5) is 27.3 Å². The van der Waals surface area contributed by atoms with Crippen molar-refractivity contribution in [3.63, 3.8) is 0 Å². The highest BCUT2D eigenvalue weighted by Crippen LogP contribution is 2.39. The molecule has 0 amide bonds. The van der Waals surface area contributed by atoms with Gasteiger partial charge in [-0.15, -0.1) is 0 Å². The van der Waals surface area contributed by atoms with E-state index in [9.17, 15) is 4.39 Å². The first-order chi connectivity index (χ1) is 16.1. The largest absolute Gasteiger partial charge is 0.446 e. The molecule has 166 valence electrons. The van der Waals surface area contributed by atoms with Crippen LogP contribution in [0.25, 0.3) is 10.9 Å². The zero-order valence-electron chi connectivity index (χ0n) is 18.1. The molecular formula is C25H22FN5O2. The van der Waals surface area contributed by atoms with Gasteiger partial charge in [-0.05, 0) is 49.2 Å². The number of morpholine rings is 1. The van der Waals surface area contributed by atoms with E-state index in [4.69, 9.17) is 16.0 Å². The summed E-state index contributed by atoms with van der Waals surface area (Å²) in [4.78, 5) is 14.1. The summed E-state index contributed by atoms with van der Waals surface area (Å²) >= 11 is 0. The van der Waals surface area contributed by atoms with Crippen LogP contribution in [0.1, 0.15) is 18.1 Å². The zero-order chi connectivity index (χ0) is 22.8. The molecule has 0 atom stereocenters. The first-order valence-electron chi connectivity index (χ1n) is 10.7. The number of allylic oxidation sites excluding steroid dienone is 1. The van der Waals surface area contributed by atoms with E-state index in [2.05, 4.69) is 25.0 Å². The fourth-order valence-electron chi connectivity index (χ4n) is 4.05. The number of fused-ring (bicyclic) bond motifs is 1. The molecule has 1 aliphatic carbocycles. The van der Waals surface area contributed by atoms with E-state index in [1.165, 1.54) is 6.33 Å². The number of ether oxygens (including phenoxy) is 2. The predicted octanol–water partition coefficient (Wildman–Crippen LogP) is 5.50. The molecule has 2 aliphatic rings. The lowest BCUT2D eigenvalue weighted by Gasteiger charge is -2.28. The van der Waals surface area contributed by atoms with Crippen LogP contribution in [-0.2, 0) is 11.2 Å². The molecule has 2 aromatic carbocycles. The van der Waals surface area contributed by atoms with Crippen molar-refractivity contribution in [1.82, 2.24) is 9.97 Å². The summed E-state index contributed by atoms with van der Waals surface area (Å²) < 4.78 is 26.1. The molecule has 5 rings (SSSR count). The van der Waals surface area contributed by atoms with Crippen molar-refractivity contribution in [2.45, 2.75) is 13.3 Å². The molecule has 0 unspecified atom stereocenters. The Morgan fingerprint density at radius 1 is 1.12 bits per heavy atom. The second kappa shape index (κ2) is 8.88. The van der Waals surface area contributed by atoms with Crippen molar-refractivity contribution in [1.29, 1.82) is 0 Å². The Labute approximate surface area is 191 Å². The Bertz CT molecular complexity index is 1260. The highest BCUT2D eigenvalue weighted by molar-refractivity contribution is 5.76. The molecule has 0 bridgehead atoms. The number of hydrogen-bond donors (Lipinski definition) is 1. The first-order valence-corrected chi connectivity index (χ1v) is 10.7. The summed E-state index contributed by atoms with van der Waals surface area (Å²) in [6.45, 7) is 12.8. The van der Waals surface area contributed by atoms with E-state index in [0.717, 1.165) is 55.2 Å². The number of hydrogen-bond acceptors (Lipinski definition) is 6. The van der Waals surface area contributed by atoms with Crippen molar-refractivity contribution >= 4 is 29.0 Å². The third-order valence-corrected chi connectivity index (χ3v) is 5.71.